The Labute approximate surface area is 66.8 Å². The highest BCUT2D eigenvalue weighted by Crippen LogP contribution is 2.08. The minimum atomic E-state index is 0.321. The van der Waals surface area contributed by atoms with Gasteiger partial charge in [0.2, 0.25) is 0 Å². The molecule has 0 unspecified atom stereocenters. The smallest absolute Gasteiger partial charge is 0.0668 e. The summed E-state index contributed by atoms with van der Waals surface area (Å²) >= 11 is 4.26. The molecular formula is C6H13NO2S. The first-order valence-corrected chi connectivity index (χ1v) is 3.77. The minimum absolute atomic E-state index is 0.321. The fourth-order valence-electron chi connectivity index (χ4n) is 0.973. The summed E-state index contributed by atoms with van der Waals surface area (Å²) in [5.41, 5.74) is 0. The molecule has 0 N–H and O–H groups in total. The lowest BCUT2D eigenvalue weighted by molar-refractivity contribution is 0.00653. The van der Waals surface area contributed by atoms with Crippen LogP contribution in [-0.4, -0.2) is 43.8 Å². The first kappa shape index (κ1) is 8.33. The first-order chi connectivity index (χ1) is 4.84. The van der Waals surface area contributed by atoms with Crippen molar-refractivity contribution in [3.05, 3.63) is 0 Å². The molecule has 10 heavy (non-hydrogen) atoms. The molecule has 0 radical (unpaired) electrons. The summed E-state index contributed by atoms with van der Waals surface area (Å²) in [7, 11) is 1.69. The van der Waals surface area contributed by atoms with Crippen molar-refractivity contribution in [3.8, 4) is 0 Å². The van der Waals surface area contributed by atoms with Gasteiger partial charge in [-0.15, -0.1) is 0 Å². The fourth-order valence-corrected chi connectivity index (χ4v) is 1.19. The molecule has 0 aromatic carbocycles. The van der Waals surface area contributed by atoms with Crippen LogP contribution in [0.3, 0.4) is 0 Å². The molecule has 3 nitrogen and oxygen atoms in total. The number of ether oxygens (including phenoxy) is 2. The normalized spacial score (nSPS) is 28.8. The molecule has 0 bridgehead atoms. The second-order valence-electron chi connectivity index (χ2n) is 2.35. The molecule has 0 aromatic rings. The highest BCUT2D eigenvalue weighted by atomic mass is 32.1. The van der Waals surface area contributed by atoms with Crippen LogP contribution < -0.4 is 0 Å². The SMILES string of the molecule is COC[C@H]1COCCN1S. The molecule has 4 heteroatoms. The van der Waals surface area contributed by atoms with Crippen molar-refractivity contribution < 1.29 is 9.47 Å². The molecule has 1 atom stereocenters. The van der Waals surface area contributed by atoms with E-state index in [1.807, 2.05) is 4.31 Å². The van der Waals surface area contributed by atoms with Crippen LogP contribution in [0.2, 0.25) is 0 Å². The van der Waals surface area contributed by atoms with Gasteiger partial charge in [-0.3, -0.25) is 0 Å². The van der Waals surface area contributed by atoms with Crippen molar-refractivity contribution in [3.63, 3.8) is 0 Å². The zero-order valence-corrected chi connectivity index (χ0v) is 7.01. The Hall–Kier alpha value is 0.230. The molecule has 0 saturated carbocycles. The molecule has 1 saturated heterocycles. The monoisotopic (exact) mass is 163 g/mol. The van der Waals surface area contributed by atoms with Gasteiger partial charge in [0.05, 0.1) is 25.9 Å². The van der Waals surface area contributed by atoms with Gasteiger partial charge in [-0.2, -0.15) is 0 Å². The number of methoxy groups -OCH3 is 1. The zero-order valence-electron chi connectivity index (χ0n) is 6.12. The predicted octanol–water partition coefficient (Wildman–Crippen LogP) is 0.178. The maximum absolute atomic E-state index is 5.23. The Morgan fingerprint density at radius 2 is 2.60 bits per heavy atom. The van der Waals surface area contributed by atoms with Crippen molar-refractivity contribution in [2.24, 2.45) is 0 Å². The van der Waals surface area contributed by atoms with Gasteiger partial charge in [0, 0.05) is 13.7 Å². The highest BCUT2D eigenvalue weighted by molar-refractivity contribution is 7.77. The Morgan fingerprint density at radius 3 is 3.20 bits per heavy atom. The van der Waals surface area contributed by atoms with Gasteiger partial charge in [0.1, 0.15) is 0 Å². The van der Waals surface area contributed by atoms with E-state index in [0.717, 1.165) is 19.8 Å². The molecule has 1 fully saturated rings. The molecule has 1 aliphatic heterocycles. The van der Waals surface area contributed by atoms with Crippen LogP contribution in [-0.2, 0) is 9.47 Å². The van der Waals surface area contributed by atoms with E-state index < -0.39 is 0 Å². The van der Waals surface area contributed by atoms with Gasteiger partial charge in [-0.25, -0.2) is 4.31 Å². The van der Waals surface area contributed by atoms with Gasteiger partial charge in [-0.1, -0.05) is 12.8 Å². The molecule has 0 amide bonds. The van der Waals surface area contributed by atoms with Crippen LogP contribution >= 0.6 is 12.8 Å². The van der Waals surface area contributed by atoms with E-state index in [0.29, 0.717) is 12.6 Å². The fraction of sp³-hybridized carbons (Fsp3) is 1.00. The van der Waals surface area contributed by atoms with Crippen molar-refractivity contribution in [1.82, 2.24) is 4.31 Å². The highest BCUT2D eigenvalue weighted by Gasteiger charge is 2.19. The molecule has 0 aliphatic carbocycles. The number of rotatable bonds is 2. The summed E-state index contributed by atoms with van der Waals surface area (Å²) in [5, 5.41) is 0. The van der Waals surface area contributed by atoms with E-state index in [9.17, 15) is 0 Å². The van der Waals surface area contributed by atoms with Crippen LogP contribution in [0.25, 0.3) is 0 Å². The van der Waals surface area contributed by atoms with Crippen LogP contribution in [0.4, 0.5) is 0 Å². The molecule has 0 aromatic heterocycles. The maximum Gasteiger partial charge on any atom is 0.0668 e. The van der Waals surface area contributed by atoms with Crippen LogP contribution in [0, 0.1) is 0 Å². The minimum Gasteiger partial charge on any atom is -0.383 e. The number of thiol groups is 1. The Kier molecular flexibility index (Phi) is 3.48. The van der Waals surface area contributed by atoms with E-state index in [4.69, 9.17) is 9.47 Å². The summed E-state index contributed by atoms with van der Waals surface area (Å²) in [6.45, 7) is 3.10. The third-order valence-corrected chi connectivity index (χ3v) is 2.08. The average Bonchev–Trinajstić information content (AvgIpc) is 1.94. The molecule has 1 aliphatic rings. The van der Waals surface area contributed by atoms with Gasteiger partial charge >= 0.3 is 0 Å². The van der Waals surface area contributed by atoms with Gasteiger partial charge < -0.3 is 9.47 Å². The van der Waals surface area contributed by atoms with Crippen molar-refractivity contribution in [2.75, 3.05) is 33.5 Å². The van der Waals surface area contributed by atoms with Gasteiger partial charge in [0.25, 0.3) is 0 Å². The number of morpholine rings is 1. The van der Waals surface area contributed by atoms with Crippen LogP contribution in [0.1, 0.15) is 0 Å². The summed E-state index contributed by atoms with van der Waals surface area (Å²) in [5.74, 6) is 0. The second-order valence-corrected chi connectivity index (χ2v) is 2.86. The average molecular weight is 163 g/mol. The molecular weight excluding hydrogens is 150 g/mol. The lowest BCUT2D eigenvalue weighted by atomic mass is 10.3. The number of hydrogen-bond donors (Lipinski definition) is 1. The van der Waals surface area contributed by atoms with Crippen molar-refractivity contribution in [2.45, 2.75) is 6.04 Å². The summed E-state index contributed by atoms with van der Waals surface area (Å²) in [6, 6.07) is 0.321. The van der Waals surface area contributed by atoms with E-state index in [-0.39, 0.29) is 0 Å². The summed E-state index contributed by atoms with van der Waals surface area (Å²) < 4.78 is 12.2. The van der Waals surface area contributed by atoms with Gasteiger partial charge in [-0.05, 0) is 0 Å². The Bertz CT molecular complexity index is 99.7. The number of hydrogen-bond acceptors (Lipinski definition) is 4. The third kappa shape index (κ3) is 2.12. The molecule has 60 valence electrons. The van der Waals surface area contributed by atoms with Crippen molar-refractivity contribution >= 4 is 12.8 Å². The van der Waals surface area contributed by atoms with Crippen LogP contribution in [0.15, 0.2) is 0 Å². The van der Waals surface area contributed by atoms with E-state index in [2.05, 4.69) is 12.8 Å². The van der Waals surface area contributed by atoms with E-state index in [1.165, 1.54) is 0 Å². The second kappa shape index (κ2) is 4.18. The van der Waals surface area contributed by atoms with Crippen molar-refractivity contribution in [1.29, 1.82) is 0 Å². The summed E-state index contributed by atoms with van der Waals surface area (Å²) in [6.07, 6.45) is 0. The van der Waals surface area contributed by atoms with E-state index >= 15 is 0 Å². The van der Waals surface area contributed by atoms with Crippen LogP contribution in [0.5, 0.6) is 0 Å². The molecule has 0 spiro atoms. The molecule has 1 heterocycles. The zero-order chi connectivity index (χ0) is 7.40. The number of nitrogens with zero attached hydrogens (tertiary/aromatic N) is 1. The van der Waals surface area contributed by atoms with Gasteiger partial charge in [0.15, 0.2) is 0 Å². The largest absolute Gasteiger partial charge is 0.383 e. The third-order valence-electron chi connectivity index (χ3n) is 1.56. The first-order valence-electron chi connectivity index (χ1n) is 3.37. The Balaban J connectivity index is 2.25. The van der Waals surface area contributed by atoms with E-state index in [1.54, 1.807) is 7.11 Å². The Morgan fingerprint density at radius 1 is 1.80 bits per heavy atom. The lowest BCUT2D eigenvalue weighted by Gasteiger charge is -2.30. The predicted molar refractivity (Wildman–Crippen MR) is 42.2 cm³/mol. The summed E-state index contributed by atoms with van der Waals surface area (Å²) in [4.78, 5) is 0. The molecule has 1 rings (SSSR count). The quantitative estimate of drug-likeness (QED) is 0.587. The topological polar surface area (TPSA) is 21.7 Å². The standard InChI is InChI=1S/C6H13NO2S/c1-8-4-6-5-9-3-2-7(6)10/h6,10H,2-5H2,1H3/t6-/m0/s1. The maximum atomic E-state index is 5.23. The lowest BCUT2D eigenvalue weighted by Crippen LogP contribution is -2.42.